The third-order valence-electron chi connectivity index (χ3n) is 2.88. The Morgan fingerprint density at radius 3 is 2.86 bits per heavy atom. The lowest BCUT2D eigenvalue weighted by Gasteiger charge is -2.08. The summed E-state index contributed by atoms with van der Waals surface area (Å²) in [6, 6.07) is 5.82. The summed E-state index contributed by atoms with van der Waals surface area (Å²) in [4.78, 5) is 18.8. The van der Waals surface area contributed by atoms with Gasteiger partial charge in [0.2, 0.25) is 11.2 Å². The maximum absolute atomic E-state index is 12.3. The first-order chi connectivity index (χ1) is 9.94. The molecule has 108 valence electrons. The van der Waals surface area contributed by atoms with E-state index in [2.05, 4.69) is 20.0 Å². The summed E-state index contributed by atoms with van der Waals surface area (Å²) in [5, 5.41) is 2.58. The van der Waals surface area contributed by atoms with Crippen LogP contribution >= 0.6 is 11.6 Å². The van der Waals surface area contributed by atoms with Gasteiger partial charge < -0.3 is 5.32 Å². The highest BCUT2D eigenvalue weighted by molar-refractivity contribution is 7.92. The Labute approximate surface area is 125 Å². The molecular formula is C12H9ClN4O3S. The first kappa shape index (κ1) is 13.8. The highest BCUT2D eigenvalue weighted by Gasteiger charge is 2.22. The zero-order chi connectivity index (χ0) is 15.0. The van der Waals surface area contributed by atoms with Crippen LogP contribution in [-0.4, -0.2) is 24.3 Å². The highest BCUT2D eigenvalue weighted by Crippen LogP contribution is 2.26. The first-order valence-electron chi connectivity index (χ1n) is 5.88. The fraction of sp³-hybridized carbons (Fsp3) is 0.0833. The molecule has 1 aromatic carbocycles. The summed E-state index contributed by atoms with van der Waals surface area (Å²) in [7, 11) is -3.81. The number of nitrogens with one attached hydrogen (secondary N) is 2. The lowest BCUT2D eigenvalue weighted by Crippen LogP contribution is -2.14. The van der Waals surface area contributed by atoms with Gasteiger partial charge in [-0.2, -0.15) is 4.98 Å². The Morgan fingerprint density at radius 2 is 2.10 bits per heavy atom. The van der Waals surface area contributed by atoms with Gasteiger partial charge in [-0.05, 0) is 41.4 Å². The maximum Gasteiger partial charge on any atom is 0.263 e. The second kappa shape index (κ2) is 4.97. The molecule has 1 aliphatic rings. The van der Waals surface area contributed by atoms with Crippen LogP contribution in [0.25, 0.3) is 0 Å². The fourth-order valence-corrected chi connectivity index (χ4v) is 3.16. The molecule has 0 unspecified atom stereocenters. The predicted molar refractivity (Wildman–Crippen MR) is 76.6 cm³/mol. The molecule has 2 aromatic rings. The van der Waals surface area contributed by atoms with Gasteiger partial charge in [-0.3, -0.25) is 9.52 Å². The Kier molecular flexibility index (Phi) is 3.26. The second-order valence-corrected chi connectivity index (χ2v) is 6.38. The van der Waals surface area contributed by atoms with Gasteiger partial charge in [-0.1, -0.05) is 0 Å². The molecule has 9 heteroatoms. The summed E-state index contributed by atoms with van der Waals surface area (Å²) < 4.78 is 26.9. The van der Waals surface area contributed by atoms with Crippen molar-refractivity contribution in [1.82, 2.24) is 9.97 Å². The Hall–Kier alpha value is -2.19. The summed E-state index contributed by atoms with van der Waals surface area (Å²) in [5.41, 5.74) is 1.27. The van der Waals surface area contributed by atoms with Gasteiger partial charge in [0.25, 0.3) is 10.0 Å². The maximum atomic E-state index is 12.3. The summed E-state index contributed by atoms with van der Waals surface area (Å²) in [6.07, 6.45) is 1.51. The number of nitrogens with zero attached hydrogens (tertiary/aromatic N) is 2. The standard InChI is InChI=1S/C12H9ClN4O3S/c13-12-14-4-3-10(16-12)17-21(19,20)8-1-2-9-7(5-8)6-11(18)15-9/h1-5H,6H2,(H,15,18)(H,14,16,17). The van der Waals surface area contributed by atoms with Crippen molar-refractivity contribution in [1.29, 1.82) is 0 Å². The molecule has 0 aliphatic carbocycles. The van der Waals surface area contributed by atoms with Crippen molar-refractivity contribution in [2.24, 2.45) is 0 Å². The minimum Gasteiger partial charge on any atom is -0.326 e. The molecule has 0 saturated carbocycles. The van der Waals surface area contributed by atoms with E-state index in [1.54, 1.807) is 6.07 Å². The number of carbonyl (C=O) groups excluding carboxylic acids is 1. The van der Waals surface area contributed by atoms with Crippen LogP contribution in [0.1, 0.15) is 5.56 Å². The molecule has 0 saturated heterocycles. The van der Waals surface area contributed by atoms with Gasteiger partial charge in [-0.25, -0.2) is 13.4 Å². The molecule has 21 heavy (non-hydrogen) atoms. The number of hydrogen-bond acceptors (Lipinski definition) is 5. The van der Waals surface area contributed by atoms with Gasteiger partial charge in [0.15, 0.2) is 0 Å². The molecule has 1 aliphatic heterocycles. The smallest absolute Gasteiger partial charge is 0.263 e. The fourth-order valence-electron chi connectivity index (χ4n) is 1.96. The van der Waals surface area contributed by atoms with Crippen LogP contribution in [-0.2, 0) is 21.2 Å². The van der Waals surface area contributed by atoms with Crippen LogP contribution in [0.4, 0.5) is 11.5 Å². The number of benzene rings is 1. The lowest BCUT2D eigenvalue weighted by atomic mass is 10.2. The normalized spacial score (nSPS) is 13.7. The van der Waals surface area contributed by atoms with E-state index in [0.29, 0.717) is 11.3 Å². The van der Waals surface area contributed by atoms with Crippen LogP contribution in [0.15, 0.2) is 35.4 Å². The summed E-state index contributed by atoms with van der Waals surface area (Å²) >= 11 is 5.61. The largest absolute Gasteiger partial charge is 0.326 e. The molecule has 0 spiro atoms. The number of hydrogen-bond donors (Lipinski definition) is 2. The average Bonchev–Trinajstić information content (AvgIpc) is 2.77. The number of aromatic nitrogens is 2. The van der Waals surface area contributed by atoms with Gasteiger partial charge in [0.1, 0.15) is 5.82 Å². The van der Waals surface area contributed by atoms with Crippen molar-refractivity contribution >= 4 is 39.0 Å². The molecule has 0 atom stereocenters. The van der Waals surface area contributed by atoms with E-state index in [1.165, 1.54) is 24.4 Å². The molecule has 2 N–H and O–H groups in total. The Morgan fingerprint density at radius 1 is 1.29 bits per heavy atom. The molecule has 1 amide bonds. The van der Waals surface area contributed by atoms with Gasteiger partial charge in [-0.15, -0.1) is 0 Å². The van der Waals surface area contributed by atoms with E-state index < -0.39 is 10.0 Å². The van der Waals surface area contributed by atoms with E-state index in [4.69, 9.17) is 11.6 Å². The van der Waals surface area contributed by atoms with Crippen molar-refractivity contribution in [2.45, 2.75) is 11.3 Å². The average molecular weight is 325 g/mol. The number of carbonyl (C=O) groups is 1. The van der Waals surface area contributed by atoms with Gasteiger partial charge >= 0.3 is 0 Å². The monoisotopic (exact) mass is 324 g/mol. The van der Waals surface area contributed by atoms with Crippen LogP contribution in [0.3, 0.4) is 0 Å². The zero-order valence-electron chi connectivity index (χ0n) is 10.5. The highest BCUT2D eigenvalue weighted by atomic mass is 35.5. The van der Waals surface area contributed by atoms with Crippen molar-refractivity contribution in [2.75, 3.05) is 10.0 Å². The molecule has 7 nitrogen and oxygen atoms in total. The van der Waals surface area contributed by atoms with E-state index in [0.717, 1.165) is 0 Å². The Balaban J connectivity index is 1.92. The van der Waals surface area contributed by atoms with Crippen LogP contribution in [0, 0.1) is 0 Å². The second-order valence-electron chi connectivity index (χ2n) is 4.36. The van der Waals surface area contributed by atoms with Crippen molar-refractivity contribution in [3.05, 3.63) is 41.3 Å². The van der Waals surface area contributed by atoms with Crippen molar-refractivity contribution < 1.29 is 13.2 Å². The van der Waals surface area contributed by atoms with E-state index in [1.807, 2.05) is 0 Å². The van der Waals surface area contributed by atoms with Gasteiger partial charge in [0, 0.05) is 11.9 Å². The molecule has 0 radical (unpaired) electrons. The van der Waals surface area contributed by atoms with Crippen LogP contribution in [0.2, 0.25) is 5.28 Å². The van der Waals surface area contributed by atoms with E-state index >= 15 is 0 Å². The van der Waals surface area contributed by atoms with E-state index in [9.17, 15) is 13.2 Å². The van der Waals surface area contributed by atoms with Crippen LogP contribution in [0.5, 0.6) is 0 Å². The zero-order valence-corrected chi connectivity index (χ0v) is 12.1. The summed E-state index contributed by atoms with van der Waals surface area (Å²) in [6.45, 7) is 0. The quantitative estimate of drug-likeness (QED) is 0.832. The number of anilines is 2. The number of fused-ring (bicyclic) bond motifs is 1. The minimum absolute atomic E-state index is 0.0486. The van der Waals surface area contributed by atoms with Gasteiger partial charge in [0.05, 0.1) is 11.3 Å². The molecule has 2 heterocycles. The third kappa shape index (κ3) is 2.81. The number of halogens is 1. The minimum atomic E-state index is -3.81. The number of sulfonamides is 1. The SMILES string of the molecule is O=C1Cc2cc(S(=O)(=O)Nc3ccnc(Cl)n3)ccc2N1. The molecule has 3 rings (SSSR count). The summed E-state index contributed by atoms with van der Waals surface area (Å²) in [5.74, 6) is -0.0835. The number of amides is 1. The van der Waals surface area contributed by atoms with E-state index in [-0.39, 0.29) is 28.3 Å². The predicted octanol–water partition coefficient (Wildman–Crippen LogP) is 1.43. The van der Waals surface area contributed by atoms with Crippen molar-refractivity contribution in [3.63, 3.8) is 0 Å². The third-order valence-corrected chi connectivity index (χ3v) is 4.41. The topological polar surface area (TPSA) is 101 Å². The van der Waals surface area contributed by atoms with Crippen molar-refractivity contribution in [3.8, 4) is 0 Å². The first-order valence-corrected chi connectivity index (χ1v) is 7.74. The molecule has 0 fully saturated rings. The Bertz CT molecular complexity index is 838. The molecule has 0 bridgehead atoms. The molecule has 1 aromatic heterocycles. The number of rotatable bonds is 3. The van der Waals surface area contributed by atoms with Crippen LogP contribution < -0.4 is 10.0 Å². The molecular weight excluding hydrogens is 316 g/mol. The lowest BCUT2D eigenvalue weighted by molar-refractivity contribution is -0.115.